The standard InChI is InChI=1S/C15H26S/c1-2-4-6-8-10-15-13-16-12-11-14(15)9-7-5-3-1/h1-13H2. The highest BCUT2D eigenvalue weighted by molar-refractivity contribution is 7.99. The first-order valence-electron chi connectivity index (χ1n) is 7.24. The number of thioether (sulfide) groups is 1. The number of hydrogen-bond donors (Lipinski definition) is 0. The first kappa shape index (κ1) is 12.5. The van der Waals surface area contributed by atoms with Crippen molar-refractivity contribution in [2.24, 2.45) is 0 Å². The van der Waals surface area contributed by atoms with Gasteiger partial charge in [0.15, 0.2) is 0 Å². The van der Waals surface area contributed by atoms with E-state index in [0.29, 0.717) is 0 Å². The molecular formula is C15H26S. The first-order valence-corrected chi connectivity index (χ1v) is 8.40. The molecule has 0 aromatic rings. The van der Waals surface area contributed by atoms with Crippen molar-refractivity contribution in [3.8, 4) is 0 Å². The quantitative estimate of drug-likeness (QED) is 0.514. The fourth-order valence-electron chi connectivity index (χ4n) is 2.96. The van der Waals surface area contributed by atoms with Crippen LogP contribution in [0.5, 0.6) is 0 Å². The maximum atomic E-state index is 2.16. The van der Waals surface area contributed by atoms with Crippen molar-refractivity contribution in [1.29, 1.82) is 0 Å². The monoisotopic (exact) mass is 238 g/mol. The minimum Gasteiger partial charge on any atom is -0.157 e. The Balaban J connectivity index is 1.91. The van der Waals surface area contributed by atoms with E-state index >= 15 is 0 Å². The van der Waals surface area contributed by atoms with E-state index in [4.69, 9.17) is 0 Å². The van der Waals surface area contributed by atoms with E-state index in [2.05, 4.69) is 11.8 Å². The SMILES string of the molecule is C1CCCCCC2=C(CCCC1)CCSC2. The summed E-state index contributed by atoms with van der Waals surface area (Å²) >= 11 is 2.16. The first-order chi connectivity index (χ1) is 7.97. The minimum absolute atomic E-state index is 1.36. The molecule has 0 atom stereocenters. The Morgan fingerprint density at radius 1 is 0.562 bits per heavy atom. The van der Waals surface area contributed by atoms with Crippen LogP contribution in [-0.4, -0.2) is 11.5 Å². The van der Waals surface area contributed by atoms with Crippen molar-refractivity contribution in [3.63, 3.8) is 0 Å². The largest absolute Gasteiger partial charge is 0.157 e. The Bertz CT molecular complexity index is 206. The Labute approximate surface area is 105 Å². The normalized spacial score (nSPS) is 25.5. The predicted molar refractivity (Wildman–Crippen MR) is 75.1 cm³/mol. The summed E-state index contributed by atoms with van der Waals surface area (Å²) in [5.41, 5.74) is 3.70. The van der Waals surface area contributed by atoms with Crippen molar-refractivity contribution >= 4 is 11.8 Å². The van der Waals surface area contributed by atoms with Crippen LogP contribution in [0.3, 0.4) is 0 Å². The minimum atomic E-state index is 1.36. The maximum absolute atomic E-state index is 2.16. The third kappa shape index (κ3) is 4.16. The van der Waals surface area contributed by atoms with Crippen molar-refractivity contribution in [1.82, 2.24) is 0 Å². The summed E-state index contributed by atoms with van der Waals surface area (Å²) in [6, 6.07) is 0. The zero-order valence-electron chi connectivity index (χ0n) is 10.6. The second-order valence-corrected chi connectivity index (χ2v) is 6.44. The fourth-order valence-corrected chi connectivity index (χ4v) is 4.09. The van der Waals surface area contributed by atoms with Crippen molar-refractivity contribution < 1.29 is 0 Å². The van der Waals surface area contributed by atoms with Crippen LogP contribution in [0.2, 0.25) is 0 Å². The van der Waals surface area contributed by atoms with E-state index in [-0.39, 0.29) is 0 Å². The highest BCUT2D eigenvalue weighted by Gasteiger charge is 2.12. The lowest BCUT2D eigenvalue weighted by molar-refractivity contribution is 0.555. The van der Waals surface area contributed by atoms with Crippen molar-refractivity contribution in [2.45, 2.75) is 70.6 Å². The predicted octanol–water partition coefficient (Wildman–Crippen LogP) is 5.33. The Hall–Kier alpha value is 0.0900. The Morgan fingerprint density at radius 3 is 1.81 bits per heavy atom. The van der Waals surface area contributed by atoms with Crippen LogP contribution in [0.15, 0.2) is 11.1 Å². The van der Waals surface area contributed by atoms with Gasteiger partial charge in [0, 0.05) is 5.75 Å². The lowest BCUT2D eigenvalue weighted by Gasteiger charge is -2.21. The lowest BCUT2D eigenvalue weighted by Crippen LogP contribution is -2.05. The van der Waals surface area contributed by atoms with Crippen LogP contribution >= 0.6 is 11.8 Å². The molecule has 0 amide bonds. The van der Waals surface area contributed by atoms with Gasteiger partial charge in [0.05, 0.1) is 0 Å². The molecule has 0 aromatic carbocycles. The van der Waals surface area contributed by atoms with Crippen LogP contribution in [0.25, 0.3) is 0 Å². The zero-order chi connectivity index (χ0) is 11.1. The topological polar surface area (TPSA) is 0 Å². The summed E-state index contributed by atoms with van der Waals surface area (Å²) < 4.78 is 0. The van der Waals surface area contributed by atoms with Crippen LogP contribution in [-0.2, 0) is 0 Å². The molecule has 2 aliphatic rings. The van der Waals surface area contributed by atoms with Gasteiger partial charge in [-0.15, -0.1) is 0 Å². The van der Waals surface area contributed by atoms with Gasteiger partial charge < -0.3 is 0 Å². The van der Waals surface area contributed by atoms with E-state index in [9.17, 15) is 0 Å². The molecule has 0 bridgehead atoms. The van der Waals surface area contributed by atoms with Crippen molar-refractivity contribution in [2.75, 3.05) is 11.5 Å². The van der Waals surface area contributed by atoms with Gasteiger partial charge in [-0.25, -0.2) is 0 Å². The number of rotatable bonds is 0. The van der Waals surface area contributed by atoms with Crippen LogP contribution in [0, 0.1) is 0 Å². The van der Waals surface area contributed by atoms with E-state index in [1.807, 2.05) is 11.1 Å². The molecule has 1 heteroatoms. The third-order valence-corrected chi connectivity index (χ3v) is 5.08. The maximum Gasteiger partial charge on any atom is 0.0146 e. The Kier molecular flexibility index (Phi) is 5.82. The molecule has 0 N–H and O–H groups in total. The molecular weight excluding hydrogens is 212 g/mol. The molecule has 0 spiro atoms. The average Bonchev–Trinajstić information content (AvgIpc) is 2.30. The molecule has 0 fully saturated rings. The van der Waals surface area contributed by atoms with Crippen LogP contribution in [0.4, 0.5) is 0 Å². The summed E-state index contributed by atoms with van der Waals surface area (Å²) in [5.74, 6) is 2.74. The Morgan fingerprint density at radius 2 is 1.12 bits per heavy atom. The zero-order valence-corrected chi connectivity index (χ0v) is 11.4. The van der Waals surface area contributed by atoms with E-state index in [0.717, 1.165) is 0 Å². The number of hydrogen-bond acceptors (Lipinski definition) is 1. The van der Waals surface area contributed by atoms with E-state index in [1.54, 1.807) is 0 Å². The van der Waals surface area contributed by atoms with Crippen molar-refractivity contribution in [3.05, 3.63) is 11.1 Å². The molecule has 1 heterocycles. The van der Waals surface area contributed by atoms with Gasteiger partial charge in [-0.1, -0.05) is 49.7 Å². The van der Waals surface area contributed by atoms with Gasteiger partial charge in [0.25, 0.3) is 0 Å². The van der Waals surface area contributed by atoms with Crippen LogP contribution in [0.1, 0.15) is 70.6 Å². The fraction of sp³-hybridized carbons (Fsp3) is 0.867. The summed E-state index contributed by atoms with van der Waals surface area (Å²) in [6.45, 7) is 0. The smallest absolute Gasteiger partial charge is 0.0146 e. The molecule has 1 aliphatic carbocycles. The van der Waals surface area contributed by atoms with E-state index in [1.165, 1.54) is 82.1 Å². The molecule has 0 nitrogen and oxygen atoms in total. The summed E-state index contributed by atoms with van der Waals surface area (Å²) in [4.78, 5) is 0. The van der Waals surface area contributed by atoms with Gasteiger partial charge in [0.1, 0.15) is 0 Å². The average molecular weight is 238 g/mol. The summed E-state index contributed by atoms with van der Waals surface area (Å²) in [6.07, 6.45) is 16.1. The second kappa shape index (κ2) is 7.42. The van der Waals surface area contributed by atoms with Gasteiger partial charge in [-0.2, -0.15) is 11.8 Å². The van der Waals surface area contributed by atoms with Crippen LogP contribution < -0.4 is 0 Å². The van der Waals surface area contributed by atoms with Gasteiger partial charge in [-0.3, -0.25) is 0 Å². The van der Waals surface area contributed by atoms with Gasteiger partial charge >= 0.3 is 0 Å². The molecule has 0 unspecified atom stereocenters. The third-order valence-electron chi connectivity index (χ3n) is 4.03. The van der Waals surface area contributed by atoms with Gasteiger partial charge in [-0.05, 0) is 37.9 Å². The molecule has 2 rings (SSSR count). The molecule has 1 aliphatic heterocycles. The second-order valence-electron chi connectivity index (χ2n) is 5.34. The van der Waals surface area contributed by atoms with E-state index < -0.39 is 0 Å². The van der Waals surface area contributed by atoms with Gasteiger partial charge in [0.2, 0.25) is 0 Å². The number of allylic oxidation sites excluding steroid dienone is 1. The lowest BCUT2D eigenvalue weighted by atomic mass is 9.94. The summed E-state index contributed by atoms with van der Waals surface area (Å²) in [5, 5.41) is 0. The molecule has 92 valence electrons. The highest BCUT2D eigenvalue weighted by Crippen LogP contribution is 2.31. The molecule has 0 aromatic heterocycles. The molecule has 16 heavy (non-hydrogen) atoms. The summed E-state index contributed by atoms with van der Waals surface area (Å²) in [7, 11) is 0. The molecule has 0 radical (unpaired) electrons. The molecule has 0 saturated heterocycles. The highest BCUT2D eigenvalue weighted by atomic mass is 32.2. The molecule has 0 saturated carbocycles.